The van der Waals surface area contributed by atoms with E-state index >= 15 is 0 Å². The third-order valence-corrected chi connectivity index (χ3v) is 16.5. The number of benzene rings is 11. The van der Waals surface area contributed by atoms with Gasteiger partial charge >= 0.3 is 0 Å². The molecule has 68 heavy (non-hydrogen) atoms. The summed E-state index contributed by atoms with van der Waals surface area (Å²) in [4.78, 5) is 5.30. The average Bonchev–Trinajstić information content (AvgIpc) is 3.74. The van der Waals surface area contributed by atoms with Crippen LogP contribution in [0, 0.1) is 0 Å². The Morgan fingerprint density at radius 1 is 0.338 bits per heavy atom. The first-order valence-corrected chi connectivity index (χ1v) is 24.9. The summed E-state index contributed by atoms with van der Waals surface area (Å²) in [5.74, 6) is 0. The number of anilines is 6. The van der Waals surface area contributed by atoms with Gasteiger partial charge in [-0.15, -0.1) is 11.3 Å². The van der Waals surface area contributed by atoms with Crippen LogP contribution in [-0.2, 0) is 10.8 Å². The lowest BCUT2D eigenvalue weighted by molar-refractivity contribution is 0.590. The van der Waals surface area contributed by atoms with Gasteiger partial charge in [0.15, 0.2) is 0 Å². The summed E-state index contributed by atoms with van der Waals surface area (Å²) in [7, 11) is 0. The smallest absolute Gasteiger partial charge is 0.254 e. The molecular formula is C64H49BN2S. The standard InChI is InChI=1S/C64H49BN2S/c1-63(2,3)38-33-35-57-50(36-38)60-62(68-57)67(54-29-16-27-49-45-21-10-8-19-41(45)43-23-12-14-25-47(43)59(49)54)56-31-17-30-55-61(56)65(60)51-37-39(64(4,5)6)32-34-52(51)66(55)53-28-15-26-48-44-20-9-7-18-40(44)42-22-11-13-24-46(42)58(48)53/h7-37H,1-6H3. The molecule has 0 saturated heterocycles. The van der Waals surface area contributed by atoms with E-state index in [0.29, 0.717) is 0 Å². The topological polar surface area (TPSA) is 6.48 Å². The molecular weight excluding hydrogens is 840 g/mol. The minimum atomic E-state index is -0.0549. The Labute approximate surface area is 401 Å². The first-order chi connectivity index (χ1) is 33.0. The molecule has 0 radical (unpaired) electrons. The Hall–Kier alpha value is -7.40. The lowest BCUT2D eigenvalue weighted by Crippen LogP contribution is -2.61. The summed E-state index contributed by atoms with van der Waals surface area (Å²) >= 11 is 1.95. The molecule has 0 fully saturated rings. The third kappa shape index (κ3) is 5.47. The Bertz CT molecular complexity index is 4060. The van der Waals surface area contributed by atoms with Gasteiger partial charge in [0.05, 0.1) is 16.4 Å². The van der Waals surface area contributed by atoms with Crippen molar-refractivity contribution in [1.29, 1.82) is 0 Å². The molecule has 11 aromatic carbocycles. The van der Waals surface area contributed by atoms with E-state index in [2.05, 4.69) is 239 Å². The second-order valence-corrected chi connectivity index (χ2v) is 22.2. The molecule has 2 aliphatic heterocycles. The van der Waals surface area contributed by atoms with Gasteiger partial charge in [0.2, 0.25) is 0 Å². The van der Waals surface area contributed by atoms with Crippen LogP contribution in [0.25, 0.3) is 74.7 Å². The largest absolute Gasteiger partial charge is 0.311 e. The number of fused-ring (bicyclic) bond motifs is 18. The normalized spacial score (nSPS) is 13.6. The maximum atomic E-state index is 2.67. The van der Waals surface area contributed by atoms with Gasteiger partial charge in [-0.1, -0.05) is 193 Å². The van der Waals surface area contributed by atoms with E-state index in [1.165, 1.54) is 136 Å². The van der Waals surface area contributed by atoms with Crippen LogP contribution in [0.2, 0.25) is 0 Å². The maximum Gasteiger partial charge on any atom is 0.254 e. The predicted octanol–water partition coefficient (Wildman–Crippen LogP) is 16.5. The maximum absolute atomic E-state index is 2.67. The van der Waals surface area contributed by atoms with Crippen molar-refractivity contribution in [3.05, 3.63) is 199 Å². The van der Waals surface area contributed by atoms with E-state index in [1.54, 1.807) is 0 Å². The van der Waals surface area contributed by atoms with E-state index in [4.69, 9.17) is 0 Å². The van der Waals surface area contributed by atoms with Crippen molar-refractivity contribution < 1.29 is 0 Å². The van der Waals surface area contributed by atoms with Crippen LogP contribution >= 0.6 is 11.3 Å². The summed E-state index contributed by atoms with van der Waals surface area (Å²) in [6.07, 6.45) is 0. The minimum Gasteiger partial charge on any atom is -0.311 e. The third-order valence-electron chi connectivity index (χ3n) is 15.3. The molecule has 0 bridgehead atoms. The van der Waals surface area contributed by atoms with Crippen LogP contribution in [-0.4, -0.2) is 6.71 Å². The summed E-state index contributed by atoms with van der Waals surface area (Å²) < 4.78 is 1.32. The molecule has 2 aliphatic rings. The Morgan fingerprint density at radius 3 is 1.25 bits per heavy atom. The molecule has 12 aromatic rings. The van der Waals surface area contributed by atoms with Gasteiger partial charge in [0, 0.05) is 32.5 Å². The number of hydrogen-bond acceptors (Lipinski definition) is 3. The van der Waals surface area contributed by atoms with Gasteiger partial charge in [-0.2, -0.15) is 0 Å². The highest BCUT2D eigenvalue weighted by molar-refractivity contribution is 7.26. The van der Waals surface area contributed by atoms with Crippen LogP contribution in [0.1, 0.15) is 52.7 Å². The van der Waals surface area contributed by atoms with Crippen molar-refractivity contribution in [3.63, 3.8) is 0 Å². The van der Waals surface area contributed by atoms with Crippen molar-refractivity contribution in [1.82, 2.24) is 0 Å². The summed E-state index contributed by atoms with van der Waals surface area (Å²) in [5.41, 5.74) is 12.9. The first kappa shape index (κ1) is 39.7. The second-order valence-electron chi connectivity index (χ2n) is 21.2. The van der Waals surface area contributed by atoms with E-state index in [-0.39, 0.29) is 17.5 Å². The monoisotopic (exact) mass is 888 g/mol. The van der Waals surface area contributed by atoms with Crippen LogP contribution in [0.3, 0.4) is 0 Å². The molecule has 3 heterocycles. The van der Waals surface area contributed by atoms with Crippen molar-refractivity contribution in [2.75, 3.05) is 9.80 Å². The highest BCUT2D eigenvalue weighted by Gasteiger charge is 2.46. The van der Waals surface area contributed by atoms with Crippen molar-refractivity contribution in [2.24, 2.45) is 0 Å². The summed E-state index contributed by atoms with van der Waals surface area (Å²) in [6.45, 7) is 14.1. The molecule has 0 spiro atoms. The molecule has 14 rings (SSSR count). The lowest BCUT2D eigenvalue weighted by Gasteiger charge is -2.44. The van der Waals surface area contributed by atoms with Crippen molar-refractivity contribution >= 4 is 143 Å². The van der Waals surface area contributed by atoms with Crippen LogP contribution in [0.5, 0.6) is 0 Å². The highest BCUT2D eigenvalue weighted by atomic mass is 32.1. The minimum absolute atomic E-state index is 0.00919. The van der Waals surface area contributed by atoms with E-state index in [1.807, 2.05) is 11.3 Å². The number of rotatable bonds is 2. The number of thiophene rings is 1. The van der Waals surface area contributed by atoms with Gasteiger partial charge in [-0.3, -0.25) is 0 Å². The molecule has 324 valence electrons. The highest BCUT2D eigenvalue weighted by Crippen LogP contribution is 2.52. The fourth-order valence-electron chi connectivity index (χ4n) is 12.1. The molecule has 1 aromatic heterocycles. The molecule has 0 saturated carbocycles. The fraction of sp³-hybridized carbons (Fsp3) is 0.125. The predicted molar refractivity (Wildman–Crippen MR) is 298 cm³/mol. The molecule has 0 atom stereocenters. The van der Waals surface area contributed by atoms with Crippen molar-refractivity contribution in [3.8, 4) is 0 Å². The Kier molecular flexibility index (Phi) is 8.23. The summed E-state index contributed by atoms with van der Waals surface area (Å²) in [5, 5.41) is 18.0. The zero-order valence-electron chi connectivity index (χ0n) is 39.3. The Balaban J connectivity index is 1.15. The van der Waals surface area contributed by atoms with Gasteiger partial charge < -0.3 is 9.80 Å². The van der Waals surface area contributed by atoms with Crippen LogP contribution in [0.4, 0.5) is 33.4 Å². The van der Waals surface area contributed by atoms with E-state index in [9.17, 15) is 0 Å². The van der Waals surface area contributed by atoms with Gasteiger partial charge in [-0.05, 0) is 134 Å². The molecule has 0 amide bonds. The quantitative estimate of drug-likeness (QED) is 0.126. The number of nitrogens with zero attached hydrogens (tertiary/aromatic N) is 2. The average molecular weight is 889 g/mol. The van der Waals surface area contributed by atoms with Gasteiger partial charge in [0.25, 0.3) is 6.71 Å². The lowest BCUT2D eigenvalue weighted by atomic mass is 9.33. The molecule has 0 unspecified atom stereocenters. The zero-order valence-corrected chi connectivity index (χ0v) is 40.1. The molecule has 0 aliphatic carbocycles. The van der Waals surface area contributed by atoms with Crippen LogP contribution < -0.4 is 26.2 Å². The van der Waals surface area contributed by atoms with Crippen LogP contribution in [0.15, 0.2) is 188 Å². The van der Waals surface area contributed by atoms with E-state index < -0.39 is 0 Å². The van der Waals surface area contributed by atoms with Crippen molar-refractivity contribution in [2.45, 2.75) is 52.4 Å². The van der Waals surface area contributed by atoms with Gasteiger partial charge in [-0.25, -0.2) is 0 Å². The fourth-order valence-corrected chi connectivity index (χ4v) is 13.4. The Morgan fingerprint density at radius 2 is 0.735 bits per heavy atom. The SMILES string of the molecule is CC(C)(C)c1ccc2c(c1)B1c3c(cccc3N(c3cccc4c5ccccc5c5ccccc5c34)c3sc4ccc(C(C)(C)C)cc4c31)N2c1cccc2c3ccccc3c3ccccc3c12. The second kappa shape index (κ2) is 14.1. The van der Waals surface area contributed by atoms with Gasteiger partial charge in [0.1, 0.15) is 0 Å². The molecule has 0 N–H and O–H groups in total. The molecule has 4 heteroatoms. The zero-order chi connectivity index (χ0) is 45.8. The number of hydrogen-bond donors (Lipinski definition) is 0. The first-order valence-electron chi connectivity index (χ1n) is 24.1. The summed E-state index contributed by atoms with van der Waals surface area (Å²) in [6, 6.07) is 71.8. The van der Waals surface area contributed by atoms with E-state index in [0.717, 1.165) is 0 Å². The molecule has 2 nitrogen and oxygen atoms in total.